The number of amides is 2. The van der Waals surface area contributed by atoms with E-state index in [0.717, 1.165) is 24.4 Å². The second-order valence-electron chi connectivity index (χ2n) is 6.64. The number of benzene rings is 1. The average molecular weight is 343 g/mol. The van der Waals surface area contributed by atoms with E-state index in [1.807, 2.05) is 43.0 Å². The molecule has 2 N–H and O–H groups in total. The highest BCUT2D eigenvalue weighted by Gasteiger charge is 2.30. The fourth-order valence-electron chi connectivity index (χ4n) is 3.44. The number of anilines is 1. The molecule has 1 aromatic carbocycles. The minimum absolute atomic E-state index is 0.0857. The monoisotopic (exact) mass is 343 g/mol. The summed E-state index contributed by atoms with van der Waals surface area (Å²) in [6, 6.07) is 7.52. The van der Waals surface area contributed by atoms with Gasteiger partial charge in [0.25, 0.3) is 0 Å². The molecule has 2 aromatic rings. The van der Waals surface area contributed by atoms with Gasteiger partial charge in [-0.1, -0.05) is 12.1 Å². The van der Waals surface area contributed by atoms with Crippen molar-refractivity contribution in [3.05, 3.63) is 35.9 Å². The zero-order valence-electron chi connectivity index (χ0n) is 14.9. The third-order valence-electron chi connectivity index (χ3n) is 4.50. The van der Waals surface area contributed by atoms with E-state index in [0.29, 0.717) is 24.5 Å². The molecule has 25 heavy (non-hydrogen) atoms. The minimum Gasteiger partial charge on any atom is -0.393 e. The van der Waals surface area contributed by atoms with Crippen molar-refractivity contribution >= 4 is 11.7 Å². The Labute approximate surface area is 147 Å². The molecule has 1 saturated heterocycles. The molecule has 2 atom stereocenters. The summed E-state index contributed by atoms with van der Waals surface area (Å²) < 4.78 is 1.74. The lowest BCUT2D eigenvalue weighted by molar-refractivity contribution is 0.142. The zero-order valence-corrected chi connectivity index (χ0v) is 14.9. The van der Waals surface area contributed by atoms with Gasteiger partial charge in [0.05, 0.1) is 17.5 Å². The van der Waals surface area contributed by atoms with Gasteiger partial charge >= 0.3 is 6.03 Å². The maximum absolute atomic E-state index is 12.8. The molecule has 0 radical (unpaired) electrons. The van der Waals surface area contributed by atoms with E-state index in [1.54, 1.807) is 11.6 Å². The highest BCUT2D eigenvalue weighted by atomic mass is 16.3. The van der Waals surface area contributed by atoms with Crippen molar-refractivity contribution in [2.75, 3.05) is 11.9 Å². The number of nitrogens with zero attached hydrogens (tertiary/aromatic N) is 4. The van der Waals surface area contributed by atoms with Crippen LogP contribution in [0.2, 0.25) is 0 Å². The van der Waals surface area contributed by atoms with Crippen LogP contribution in [0.15, 0.2) is 24.3 Å². The van der Waals surface area contributed by atoms with E-state index >= 15 is 0 Å². The Hall–Kier alpha value is -2.41. The van der Waals surface area contributed by atoms with E-state index in [4.69, 9.17) is 0 Å². The number of carbonyl (C=O) groups excluding carboxylic acids is 1. The van der Waals surface area contributed by atoms with Crippen LogP contribution in [0.4, 0.5) is 10.5 Å². The predicted molar refractivity (Wildman–Crippen MR) is 95.9 cm³/mol. The van der Waals surface area contributed by atoms with E-state index in [1.165, 1.54) is 0 Å². The van der Waals surface area contributed by atoms with E-state index < -0.39 is 6.10 Å². The second kappa shape index (κ2) is 7.23. The van der Waals surface area contributed by atoms with E-state index in [9.17, 15) is 9.90 Å². The summed E-state index contributed by atoms with van der Waals surface area (Å²) >= 11 is 0. The molecule has 134 valence electrons. The quantitative estimate of drug-likeness (QED) is 0.894. The van der Waals surface area contributed by atoms with Gasteiger partial charge in [-0.2, -0.15) is 5.10 Å². The molecule has 0 bridgehead atoms. The first-order valence-corrected chi connectivity index (χ1v) is 8.71. The number of carbonyl (C=O) groups is 1. The van der Waals surface area contributed by atoms with Crippen LogP contribution in [0, 0.1) is 13.8 Å². The normalized spacial score (nSPS) is 18.4. The molecular weight excluding hydrogens is 318 g/mol. The number of hydrogen-bond donors (Lipinski definition) is 2. The lowest BCUT2D eigenvalue weighted by Gasteiger charge is -2.26. The zero-order chi connectivity index (χ0) is 18.0. The Morgan fingerprint density at radius 2 is 2.16 bits per heavy atom. The van der Waals surface area contributed by atoms with Crippen molar-refractivity contribution in [2.24, 2.45) is 0 Å². The van der Waals surface area contributed by atoms with Gasteiger partial charge in [-0.15, -0.1) is 0 Å². The third-order valence-corrected chi connectivity index (χ3v) is 4.50. The number of para-hydroxylation sites is 2. The van der Waals surface area contributed by atoms with Crippen LogP contribution in [0.5, 0.6) is 0 Å². The SMILES string of the molecule is Cc1nc(C)n(-c2ccccc2NC(=O)N2CCCC2CC(C)O)n1. The van der Waals surface area contributed by atoms with Gasteiger partial charge in [0, 0.05) is 12.6 Å². The average Bonchev–Trinajstić information content (AvgIpc) is 3.13. The Balaban J connectivity index is 1.81. The van der Waals surface area contributed by atoms with E-state index in [2.05, 4.69) is 15.4 Å². The highest BCUT2D eigenvalue weighted by Crippen LogP contribution is 2.25. The van der Waals surface area contributed by atoms with Gasteiger partial charge < -0.3 is 15.3 Å². The van der Waals surface area contributed by atoms with Gasteiger partial charge in [-0.3, -0.25) is 0 Å². The fourth-order valence-corrected chi connectivity index (χ4v) is 3.44. The molecule has 7 heteroatoms. The van der Waals surface area contributed by atoms with Crippen molar-refractivity contribution in [2.45, 2.75) is 52.2 Å². The topological polar surface area (TPSA) is 83.3 Å². The largest absolute Gasteiger partial charge is 0.393 e. The standard InChI is InChI=1S/C18H25N5O2/c1-12(24)11-15-7-6-10-22(15)18(25)20-16-8-4-5-9-17(16)23-14(3)19-13(2)21-23/h4-5,8-9,12,15,24H,6-7,10-11H2,1-3H3,(H,20,25). The van der Waals surface area contributed by atoms with Gasteiger partial charge in [0.1, 0.15) is 11.6 Å². The van der Waals surface area contributed by atoms with Crippen molar-refractivity contribution in [1.29, 1.82) is 0 Å². The van der Waals surface area contributed by atoms with Crippen LogP contribution in [-0.2, 0) is 0 Å². The van der Waals surface area contributed by atoms with Gasteiger partial charge in [0.2, 0.25) is 0 Å². The van der Waals surface area contributed by atoms with Crippen LogP contribution < -0.4 is 5.32 Å². The number of hydrogen-bond acceptors (Lipinski definition) is 4. The number of aromatic nitrogens is 3. The number of rotatable bonds is 4. The molecule has 2 unspecified atom stereocenters. The van der Waals surface area contributed by atoms with Gasteiger partial charge in [0.15, 0.2) is 0 Å². The summed E-state index contributed by atoms with van der Waals surface area (Å²) in [6.07, 6.45) is 2.09. The summed E-state index contributed by atoms with van der Waals surface area (Å²) in [7, 11) is 0. The lowest BCUT2D eigenvalue weighted by atomic mass is 10.1. The Kier molecular flexibility index (Phi) is 5.03. The predicted octanol–water partition coefficient (Wildman–Crippen LogP) is 2.65. The molecule has 2 heterocycles. The Bertz CT molecular complexity index is 756. The minimum atomic E-state index is -0.411. The summed E-state index contributed by atoms with van der Waals surface area (Å²) in [6.45, 7) is 6.21. The van der Waals surface area contributed by atoms with Crippen molar-refractivity contribution in [3.8, 4) is 5.69 Å². The second-order valence-corrected chi connectivity index (χ2v) is 6.64. The van der Waals surface area contributed by atoms with Crippen molar-refractivity contribution in [1.82, 2.24) is 19.7 Å². The first-order valence-electron chi connectivity index (χ1n) is 8.71. The smallest absolute Gasteiger partial charge is 0.322 e. The highest BCUT2D eigenvalue weighted by molar-refractivity contribution is 5.92. The van der Waals surface area contributed by atoms with Crippen LogP contribution >= 0.6 is 0 Å². The molecule has 0 spiro atoms. The number of aliphatic hydroxyl groups is 1. The molecule has 7 nitrogen and oxygen atoms in total. The van der Waals surface area contributed by atoms with E-state index in [-0.39, 0.29) is 12.1 Å². The molecule has 1 fully saturated rings. The van der Waals surface area contributed by atoms with Crippen LogP contribution in [-0.4, -0.2) is 49.5 Å². The summed E-state index contributed by atoms with van der Waals surface area (Å²) in [5.74, 6) is 1.46. The number of aryl methyl sites for hydroxylation is 2. The Morgan fingerprint density at radius 1 is 1.40 bits per heavy atom. The molecule has 3 rings (SSSR count). The fraction of sp³-hybridized carbons (Fsp3) is 0.500. The summed E-state index contributed by atoms with van der Waals surface area (Å²) in [4.78, 5) is 18.9. The first-order chi connectivity index (χ1) is 12.0. The molecule has 0 saturated carbocycles. The van der Waals surface area contributed by atoms with Gasteiger partial charge in [-0.25, -0.2) is 14.5 Å². The molecule has 2 amide bonds. The number of nitrogens with one attached hydrogen (secondary N) is 1. The van der Waals surface area contributed by atoms with Crippen molar-refractivity contribution in [3.63, 3.8) is 0 Å². The maximum atomic E-state index is 12.8. The number of aliphatic hydroxyl groups excluding tert-OH is 1. The first kappa shape index (κ1) is 17.4. The lowest BCUT2D eigenvalue weighted by Crippen LogP contribution is -2.40. The van der Waals surface area contributed by atoms with Crippen LogP contribution in [0.3, 0.4) is 0 Å². The Morgan fingerprint density at radius 3 is 2.84 bits per heavy atom. The van der Waals surface area contributed by atoms with Crippen LogP contribution in [0.25, 0.3) is 5.69 Å². The summed E-state index contributed by atoms with van der Waals surface area (Å²) in [5.41, 5.74) is 1.49. The number of likely N-dealkylation sites (tertiary alicyclic amines) is 1. The molecule has 1 aliphatic rings. The van der Waals surface area contributed by atoms with Gasteiger partial charge in [-0.05, 0) is 52.2 Å². The molecule has 1 aliphatic heterocycles. The molecule has 0 aliphatic carbocycles. The van der Waals surface area contributed by atoms with Crippen molar-refractivity contribution < 1.29 is 9.90 Å². The molecule has 1 aromatic heterocycles. The maximum Gasteiger partial charge on any atom is 0.322 e. The third kappa shape index (κ3) is 3.82. The van der Waals surface area contributed by atoms with Crippen LogP contribution in [0.1, 0.15) is 37.8 Å². The summed E-state index contributed by atoms with van der Waals surface area (Å²) in [5, 5.41) is 17.1. The molecular formula is C18H25N5O2. The number of urea groups is 1.